The average molecular weight is 283 g/mol. The maximum atomic E-state index is 12.3. The number of amides is 1. The van der Waals surface area contributed by atoms with Gasteiger partial charge < -0.3 is 9.80 Å². The van der Waals surface area contributed by atoms with Crippen LogP contribution in [0.5, 0.6) is 0 Å². The largest absolute Gasteiger partial charge is 0.326 e. The molecule has 0 aromatic heterocycles. The fourth-order valence-electron chi connectivity index (χ4n) is 2.89. The molecule has 1 aliphatic heterocycles. The van der Waals surface area contributed by atoms with Gasteiger partial charge in [0.1, 0.15) is 0 Å². The van der Waals surface area contributed by atoms with Crippen molar-refractivity contribution >= 4 is 5.91 Å². The van der Waals surface area contributed by atoms with Crippen LogP contribution in [0.25, 0.3) is 0 Å². The Morgan fingerprint density at radius 2 is 2.00 bits per heavy atom. The van der Waals surface area contributed by atoms with E-state index in [1.54, 1.807) is 0 Å². The normalized spacial score (nSPS) is 20.9. The van der Waals surface area contributed by atoms with Gasteiger partial charge in [0.15, 0.2) is 0 Å². The van der Waals surface area contributed by atoms with Gasteiger partial charge in [0.25, 0.3) is 0 Å². The molecule has 20 heavy (non-hydrogen) atoms. The highest BCUT2D eigenvalue weighted by Gasteiger charge is 2.32. The van der Waals surface area contributed by atoms with Crippen LogP contribution in [0.1, 0.15) is 59.8 Å². The van der Waals surface area contributed by atoms with E-state index in [1.807, 2.05) is 4.90 Å². The zero-order valence-corrected chi connectivity index (χ0v) is 13.8. The highest BCUT2D eigenvalue weighted by molar-refractivity contribution is 5.83. The van der Waals surface area contributed by atoms with Crippen LogP contribution < -0.4 is 5.32 Å². The maximum absolute atomic E-state index is 12.3. The molecular formula is C16H33N3O. The molecule has 1 aliphatic rings. The SMILES string of the molecule is CCCCC1NCN(C(C)CCCN(CC)CC)C1=O. The molecule has 0 spiro atoms. The smallest absolute Gasteiger partial charge is 0.241 e. The number of unbranched alkanes of at least 4 members (excludes halogenated alkanes) is 1. The van der Waals surface area contributed by atoms with Gasteiger partial charge in [-0.3, -0.25) is 10.1 Å². The number of carbonyl (C=O) groups is 1. The van der Waals surface area contributed by atoms with Gasteiger partial charge in [0, 0.05) is 6.04 Å². The standard InChI is InChI=1S/C16H33N3O/c1-5-8-11-15-16(20)19(13-17-15)14(4)10-9-12-18(6-2)7-3/h14-15,17H,5-13H2,1-4H3. The van der Waals surface area contributed by atoms with Crippen molar-refractivity contribution in [3.63, 3.8) is 0 Å². The van der Waals surface area contributed by atoms with Crippen LogP contribution in [-0.4, -0.2) is 54.1 Å². The summed E-state index contributed by atoms with van der Waals surface area (Å²) in [4.78, 5) is 16.8. The second-order valence-corrected chi connectivity index (χ2v) is 5.88. The molecular weight excluding hydrogens is 250 g/mol. The molecule has 4 heteroatoms. The Hall–Kier alpha value is -0.610. The van der Waals surface area contributed by atoms with E-state index in [0.717, 1.165) is 52.0 Å². The van der Waals surface area contributed by atoms with E-state index in [9.17, 15) is 4.79 Å². The van der Waals surface area contributed by atoms with Gasteiger partial charge in [-0.25, -0.2) is 0 Å². The summed E-state index contributed by atoms with van der Waals surface area (Å²) in [7, 11) is 0. The molecule has 1 heterocycles. The Balaban J connectivity index is 2.30. The number of hydrogen-bond acceptors (Lipinski definition) is 3. The van der Waals surface area contributed by atoms with Crippen molar-refractivity contribution in [2.24, 2.45) is 0 Å². The van der Waals surface area contributed by atoms with E-state index < -0.39 is 0 Å². The van der Waals surface area contributed by atoms with Crippen molar-refractivity contribution in [1.29, 1.82) is 0 Å². The van der Waals surface area contributed by atoms with Crippen molar-refractivity contribution in [2.75, 3.05) is 26.3 Å². The molecule has 0 radical (unpaired) electrons. The Morgan fingerprint density at radius 3 is 2.60 bits per heavy atom. The van der Waals surface area contributed by atoms with Crippen molar-refractivity contribution in [1.82, 2.24) is 15.1 Å². The van der Waals surface area contributed by atoms with E-state index in [-0.39, 0.29) is 6.04 Å². The topological polar surface area (TPSA) is 35.6 Å². The molecule has 0 saturated carbocycles. The summed E-state index contributed by atoms with van der Waals surface area (Å²) in [5.41, 5.74) is 0. The van der Waals surface area contributed by atoms with Crippen molar-refractivity contribution in [3.8, 4) is 0 Å². The zero-order valence-electron chi connectivity index (χ0n) is 13.8. The minimum Gasteiger partial charge on any atom is -0.326 e. The van der Waals surface area contributed by atoms with Gasteiger partial charge in [-0.05, 0) is 45.8 Å². The van der Waals surface area contributed by atoms with Gasteiger partial charge in [0.2, 0.25) is 5.91 Å². The van der Waals surface area contributed by atoms with Crippen LogP contribution >= 0.6 is 0 Å². The van der Waals surface area contributed by atoms with Crippen LogP contribution in [0.3, 0.4) is 0 Å². The van der Waals surface area contributed by atoms with E-state index >= 15 is 0 Å². The summed E-state index contributed by atoms with van der Waals surface area (Å²) >= 11 is 0. The number of nitrogens with one attached hydrogen (secondary N) is 1. The van der Waals surface area contributed by atoms with E-state index in [2.05, 4.69) is 37.9 Å². The van der Waals surface area contributed by atoms with Gasteiger partial charge in [-0.15, -0.1) is 0 Å². The molecule has 0 aliphatic carbocycles. The second kappa shape index (κ2) is 9.35. The van der Waals surface area contributed by atoms with E-state index in [1.165, 1.54) is 6.42 Å². The lowest BCUT2D eigenvalue weighted by atomic mass is 10.1. The molecule has 118 valence electrons. The maximum Gasteiger partial charge on any atom is 0.241 e. The first kappa shape index (κ1) is 17.4. The Morgan fingerprint density at radius 1 is 1.30 bits per heavy atom. The molecule has 0 bridgehead atoms. The van der Waals surface area contributed by atoms with Crippen LogP contribution in [0.15, 0.2) is 0 Å². The fourth-order valence-corrected chi connectivity index (χ4v) is 2.89. The summed E-state index contributed by atoms with van der Waals surface area (Å²) in [5, 5.41) is 3.36. The predicted molar refractivity (Wildman–Crippen MR) is 84.6 cm³/mol. The zero-order chi connectivity index (χ0) is 15.0. The third-order valence-corrected chi connectivity index (χ3v) is 4.46. The van der Waals surface area contributed by atoms with Crippen LogP contribution in [0, 0.1) is 0 Å². The van der Waals surface area contributed by atoms with E-state index in [4.69, 9.17) is 0 Å². The lowest BCUT2D eigenvalue weighted by Crippen LogP contribution is -2.37. The fraction of sp³-hybridized carbons (Fsp3) is 0.938. The minimum atomic E-state index is 0.0696. The first-order chi connectivity index (χ1) is 9.63. The number of rotatable bonds is 10. The molecule has 0 aromatic rings. The third kappa shape index (κ3) is 5.06. The molecule has 1 rings (SSSR count). The molecule has 4 nitrogen and oxygen atoms in total. The summed E-state index contributed by atoms with van der Waals surface area (Å²) in [6, 6.07) is 0.428. The molecule has 0 aromatic carbocycles. The molecule has 1 fully saturated rings. The quantitative estimate of drug-likeness (QED) is 0.669. The van der Waals surface area contributed by atoms with Crippen LogP contribution in [0.2, 0.25) is 0 Å². The van der Waals surface area contributed by atoms with Crippen molar-refractivity contribution in [3.05, 3.63) is 0 Å². The Bertz CT molecular complexity index is 279. The number of carbonyl (C=O) groups excluding carboxylic acids is 1. The summed E-state index contributed by atoms with van der Waals surface area (Å²) in [6.45, 7) is 12.9. The van der Waals surface area contributed by atoms with Gasteiger partial charge in [-0.1, -0.05) is 33.6 Å². The first-order valence-electron chi connectivity index (χ1n) is 8.40. The summed E-state index contributed by atoms with van der Waals surface area (Å²) in [6.07, 6.45) is 5.55. The molecule has 1 saturated heterocycles. The molecule has 2 unspecified atom stereocenters. The van der Waals surface area contributed by atoms with Gasteiger partial charge >= 0.3 is 0 Å². The lowest BCUT2D eigenvalue weighted by molar-refractivity contribution is -0.130. The average Bonchev–Trinajstić information content (AvgIpc) is 2.82. The van der Waals surface area contributed by atoms with Crippen LogP contribution in [-0.2, 0) is 4.79 Å². The van der Waals surface area contributed by atoms with Gasteiger partial charge in [-0.2, -0.15) is 0 Å². The second-order valence-electron chi connectivity index (χ2n) is 5.88. The minimum absolute atomic E-state index is 0.0696. The molecule has 1 amide bonds. The Labute approximate surface area is 124 Å². The van der Waals surface area contributed by atoms with Crippen LogP contribution in [0.4, 0.5) is 0 Å². The number of nitrogens with zero attached hydrogens (tertiary/aromatic N) is 2. The predicted octanol–water partition coefficient (Wildman–Crippen LogP) is 2.45. The van der Waals surface area contributed by atoms with Gasteiger partial charge in [0.05, 0.1) is 12.7 Å². The van der Waals surface area contributed by atoms with E-state index in [0.29, 0.717) is 11.9 Å². The molecule has 2 atom stereocenters. The first-order valence-corrected chi connectivity index (χ1v) is 8.40. The lowest BCUT2D eigenvalue weighted by Gasteiger charge is -2.25. The summed E-state index contributed by atoms with van der Waals surface area (Å²) in [5.74, 6) is 0.314. The van der Waals surface area contributed by atoms with Crippen molar-refractivity contribution < 1.29 is 4.79 Å². The highest BCUT2D eigenvalue weighted by atomic mass is 16.2. The highest BCUT2D eigenvalue weighted by Crippen LogP contribution is 2.16. The monoisotopic (exact) mass is 283 g/mol. The van der Waals surface area contributed by atoms with Crippen molar-refractivity contribution in [2.45, 2.75) is 71.9 Å². The number of hydrogen-bond donors (Lipinski definition) is 1. The third-order valence-electron chi connectivity index (χ3n) is 4.46. The molecule has 1 N–H and O–H groups in total. The summed E-state index contributed by atoms with van der Waals surface area (Å²) < 4.78 is 0. The Kier molecular flexibility index (Phi) is 8.15.